The Kier molecular flexibility index (Phi) is 6.58. The molecule has 0 unspecified atom stereocenters. The molecule has 6 nitrogen and oxygen atoms in total. The number of hydrogen-bond acceptors (Lipinski definition) is 4. The molecule has 0 bridgehead atoms. The lowest BCUT2D eigenvalue weighted by Crippen LogP contribution is -2.30. The third kappa shape index (κ3) is 4.73. The molecule has 2 aromatic carbocycles. The topological polar surface area (TPSA) is 81.5 Å². The van der Waals surface area contributed by atoms with Crippen molar-refractivity contribution in [3.8, 4) is 5.75 Å². The summed E-state index contributed by atoms with van der Waals surface area (Å²) in [6, 6.07) is 11.6. The number of amides is 1. The Balaban J connectivity index is 2.16. The number of benzene rings is 2. The van der Waals surface area contributed by atoms with Crippen LogP contribution in [-0.2, 0) is 4.79 Å². The summed E-state index contributed by atoms with van der Waals surface area (Å²) >= 11 is 5.79. The smallest absolute Gasteiger partial charge is 0.312 e. The number of nitro benzene ring substituents is 1. The van der Waals surface area contributed by atoms with Gasteiger partial charge in [0.1, 0.15) is 0 Å². The van der Waals surface area contributed by atoms with Crippen LogP contribution in [0, 0.1) is 10.1 Å². The van der Waals surface area contributed by atoms with Gasteiger partial charge in [-0.3, -0.25) is 14.9 Å². The van der Waals surface area contributed by atoms with E-state index in [4.69, 9.17) is 16.3 Å². The minimum atomic E-state index is -0.917. The Morgan fingerprint density at radius 2 is 1.96 bits per heavy atom. The number of ether oxygens (including phenoxy) is 1. The normalized spacial score (nSPS) is 12.9. The minimum absolute atomic E-state index is 0.00254. The van der Waals surface area contributed by atoms with Gasteiger partial charge in [-0.2, -0.15) is 0 Å². The molecule has 0 fully saturated rings. The number of carbonyl (C=O) groups is 1. The van der Waals surface area contributed by atoms with E-state index in [1.807, 2.05) is 24.3 Å². The lowest BCUT2D eigenvalue weighted by atomic mass is 9.97. The molecule has 1 amide bonds. The van der Waals surface area contributed by atoms with Gasteiger partial charge in [-0.05, 0) is 43.0 Å². The Hall–Kier alpha value is -2.60. The lowest BCUT2D eigenvalue weighted by Gasteiger charge is -2.18. The highest BCUT2D eigenvalue weighted by Crippen LogP contribution is 2.31. The number of anilines is 1. The molecule has 0 heterocycles. The van der Waals surface area contributed by atoms with E-state index >= 15 is 0 Å². The van der Waals surface area contributed by atoms with Crippen LogP contribution in [0.4, 0.5) is 11.4 Å². The van der Waals surface area contributed by atoms with Gasteiger partial charge in [-0.25, -0.2) is 0 Å². The monoisotopic (exact) mass is 376 g/mol. The van der Waals surface area contributed by atoms with Gasteiger partial charge in [0.05, 0.1) is 4.92 Å². The molecule has 0 aromatic heterocycles. The van der Waals surface area contributed by atoms with Crippen molar-refractivity contribution < 1.29 is 14.5 Å². The summed E-state index contributed by atoms with van der Waals surface area (Å²) in [4.78, 5) is 23.0. The summed E-state index contributed by atoms with van der Waals surface area (Å²) in [6.07, 6.45) is 0.0236. The highest BCUT2D eigenvalue weighted by atomic mass is 35.5. The molecule has 138 valence electrons. The van der Waals surface area contributed by atoms with E-state index in [1.54, 1.807) is 6.92 Å². The van der Waals surface area contributed by atoms with Crippen molar-refractivity contribution in [2.75, 3.05) is 5.32 Å². The standard InChI is InChI=1S/C19H21ClN2O4/c1-4-12(2)15-7-5-6-8-16(15)21-19(23)13(3)26-18-10-9-14(20)11-17(18)22(24)25/h5-13H,4H2,1-3H3,(H,21,23)/t12-,13-/m0/s1. The fraction of sp³-hybridized carbons (Fsp3) is 0.316. The number of halogens is 1. The predicted octanol–water partition coefficient (Wildman–Crippen LogP) is 5.17. The predicted molar refractivity (Wildman–Crippen MR) is 102 cm³/mol. The molecule has 0 saturated heterocycles. The van der Waals surface area contributed by atoms with E-state index in [0.717, 1.165) is 12.0 Å². The second kappa shape index (κ2) is 8.67. The van der Waals surface area contributed by atoms with Crippen LogP contribution in [0.5, 0.6) is 5.75 Å². The van der Waals surface area contributed by atoms with Crippen molar-refractivity contribution in [3.63, 3.8) is 0 Å². The number of nitrogens with zero attached hydrogens (tertiary/aromatic N) is 1. The third-order valence-corrected chi connectivity index (χ3v) is 4.39. The van der Waals surface area contributed by atoms with Gasteiger partial charge in [0.25, 0.3) is 5.91 Å². The van der Waals surface area contributed by atoms with Crippen LogP contribution in [0.1, 0.15) is 38.7 Å². The molecule has 2 aromatic rings. The zero-order valence-electron chi connectivity index (χ0n) is 14.9. The first-order chi connectivity index (χ1) is 12.3. The molecule has 26 heavy (non-hydrogen) atoms. The highest BCUT2D eigenvalue weighted by Gasteiger charge is 2.22. The molecule has 0 aliphatic carbocycles. The number of rotatable bonds is 7. The number of nitrogens with one attached hydrogen (secondary N) is 1. The summed E-state index contributed by atoms with van der Waals surface area (Å²) < 4.78 is 5.51. The van der Waals surface area contributed by atoms with E-state index in [9.17, 15) is 14.9 Å². The number of nitro groups is 1. The second-order valence-corrected chi connectivity index (χ2v) is 6.45. The lowest BCUT2D eigenvalue weighted by molar-refractivity contribution is -0.386. The van der Waals surface area contributed by atoms with Crippen molar-refractivity contribution >= 4 is 28.9 Å². The van der Waals surface area contributed by atoms with Gasteiger partial charge in [0, 0.05) is 16.8 Å². The van der Waals surface area contributed by atoms with E-state index < -0.39 is 11.0 Å². The van der Waals surface area contributed by atoms with Crippen molar-refractivity contribution in [1.82, 2.24) is 0 Å². The first-order valence-electron chi connectivity index (χ1n) is 8.33. The fourth-order valence-corrected chi connectivity index (χ4v) is 2.64. The molecule has 2 rings (SSSR count). The Labute approximate surface area is 157 Å². The maximum atomic E-state index is 12.5. The maximum Gasteiger partial charge on any atom is 0.312 e. The Bertz CT molecular complexity index is 810. The third-order valence-electron chi connectivity index (χ3n) is 4.15. The van der Waals surface area contributed by atoms with Crippen molar-refractivity contribution in [2.45, 2.75) is 39.2 Å². The summed E-state index contributed by atoms with van der Waals surface area (Å²) in [6.45, 7) is 5.70. The van der Waals surface area contributed by atoms with Gasteiger partial charge in [0.15, 0.2) is 11.9 Å². The molecule has 0 spiro atoms. The van der Waals surface area contributed by atoms with Crippen LogP contribution in [0.15, 0.2) is 42.5 Å². The second-order valence-electron chi connectivity index (χ2n) is 6.02. The molecule has 7 heteroatoms. The van der Waals surface area contributed by atoms with Gasteiger partial charge in [-0.15, -0.1) is 0 Å². The van der Waals surface area contributed by atoms with Crippen LogP contribution < -0.4 is 10.1 Å². The first-order valence-corrected chi connectivity index (χ1v) is 8.71. The van der Waals surface area contributed by atoms with E-state index in [2.05, 4.69) is 19.2 Å². The van der Waals surface area contributed by atoms with Crippen molar-refractivity contribution in [1.29, 1.82) is 0 Å². The SMILES string of the molecule is CC[C@H](C)c1ccccc1NC(=O)[C@H](C)Oc1ccc(Cl)cc1[N+](=O)[O-]. The van der Waals surface area contributed by atoms with E-state index in [-0.39, 0.29) is 22.4 Å². The molecule has 0 aliphatic heterocycles. The largest absolute Gasteiger partial charge is 0.474 e. The van der Waals surface area contributed by atoms with Crippen LogP contribution in [-0.4, -0.2) is 16.9 Å². The van der Waals surface area contributed by atoms with Crippen LogP contribution in [0.2, 0.25) is 5.02 Å². The summed E-state index contributed by atoms with van der Waals surface area (Å²) in [5.74, 6) is -0.0951. The number of hydrogen-bond donors (Lipinski definition) is 1. The molecular weight excluding hydrogens is 356 g/mol. The molecule has 0 radical (unpaired) electrons. The van der Waals surface area contributed by atoms with E-state index in [0.29, 0.717) is 11.6 Å². The average Bonchev–Trinajstić information content (AvgIpc) is 2.62. The van der Waals surface area contributed by atoms with Crippen molar-refractivity contribution in [2.24, 2.45) is 0 Å². The molecule has 2 atom stereocenters. The van der Waals surface area contributed by atoms with Crippen LogP contribution in [0.25, 0.3) is 0 Å². The quantitative estimate of drug-likeness (QED) is 0.534. The fourth-order valence-electron chi connectivity index (χ4n) is 2.47. The molecule has 0 aliphatic rings. The zero-order valence-corrected chi connectivity index (χ0v) is 15.6. The van der Waals surface area contributed by atoms with Crippen LogP contribution in [0.3, 0.4) is 0 Å². The number of para-hydroxylation sites is 1. The first kappa shape index (κ1) is 19.7. The zero-order chi connectivity index (χ0) is 19.3. The highest BCUT2D eigenvalue weighted by molar-refractivity contribution is 6.30. The van der Waals surface area contributed by atoms with Crippen LogP contribution >= 0.6 is 11.6 Å². The van der Waals surface area contributed by atoms with Gasteiger partial charge in [-0.1, -0.05) is 43.6 Å². The van der Waals surface area contributed by atoms with E-state index in [1.165, 1.54) is 18.2 Å². The Morgan fingerprint density at radius 3 is 2.62 bits per heavy atom. The molecule has 0 saturated carbocycles. The average molecular weight is 377 g/mol. The summed E-state index contributed by atoms with van der Waals surface area (Å²) in [5, 5.41) is 14.2. The molecule has 1 N–H and O–H groups in total. The minimum Gasteiger partial charge on any atom is -0.474 e. The summed E-state index contributed by atoms with van der Waals surface area (Å²) in [5.41, 5.74) is 1.47. The van der Waals surface area contributed by atoms with Gasteiger partial charge in [0.2, 0.25) is 0 Å². The van der Waals surface area contributed by atoms with Crippen molar-refractivity contribution in [3.05, 3.63) is 63.2 Å². The van der Waals surface area contributed by atoms with Gasteiger partial charge < -0.3 is 10.1 Å². The summed E-state index contributed by atoms with van der Waals surface area (Å²) in [7, 11) is 0. The maximum absolute atomic E-state index is 12.5. The number of carbonyl (C=O) groups excluding carboxylic acids is 1. The molecular formula is C19H21ClN2O4. The Morgan fingerprint density at radius 1 is 1.27 bits per heavy atom. The van der Waals surface area contributed by atoms with Gasteiger partial charge >= 0.3 is 5.69 Å².